The number of benzene rings is 1. The van der Waals surface area contributed by atoms with Crippen LogP contribution in [0.5, 0.6) is 0 Å². The first-order valence-electron chi connectivity index (χ1n) is 12.5. The van der Waals surface area contributed by atoms with E-state index >= 15 is 0 Å². The van der Waals surface area contributed by atoms with Crippen LogP contribution in [0.1, 0.15) is 53.5 Å². The highest BCUT2D eigenvalue weighted by Gasteiger charge is 2.51. The predicted octanol–water partition coefficient (Wildman–Crippen LogP) is 7.59. The number of pyridine rings is 1. The number of aliphatic imine (C=N–C) groups is 1. The van der Waals surface area contributed by atoms with E-state index in [1.165, 1.54) is 29.2 Å². The molecule has 0 aliphatic carbocycles. The van der Waals surface area contributed by atoms with Crippen molar-refractivity contribution in [1.82, 2.24) is 15.2 Å². The monoisotopic (exact) mass is 561 g/mol. The number of amidine groups is 1. The van der Waals surface area contributed by atoms with Crippen LogP contribution in [-0.4, -0.2) is 38.7 Å². The minimum absolute atomic E-state index is 0.0350. The van der Waals surface area contributed by atoms with Crippen LogP contribution in [-0.2, 0) is 11.3 Å². The summed E-state index contributed by atoms with van der Waals surface area (Å²) < 4.78 is 37.9. The second kappa shape index (κ2) is 13.5. The number of hydrogen-bond donors (Lipinski definition) is 1. The topological polar surface area (TPSA) is 77.9 Å². The van der Waals surface area contributed by atoms with Crippen LogP contribution in [0, 0.1) is 0 Å². The number of nitrogens with one attached hydrogen (secondary N) is 1. The highest BCUT2D eigenvalue weighted by Crippen LogP contribution is 2.39. The van der Waals surface area contributed by atoms with Gasteiger partial charge in [0.15, 0.2) is 5.82 Å². The summed E-state index contributed by atoms with van der Waals surface area (Å²) in [5, 5.41) is 3.19. The molecule has 39 heavy (non-hydrogen) atoms. The largest absolute Gasteiger partial charge is 0.446 e. The van der Waals surface area contributed by atoms with Crippen LogP contribution in [0.25, 0.3) is 0 Å². The molecule has 0 radical (unpaired) electrons. The van der Waals surface area contributed by atoms with Crippen LogP contribution in [0.3, 0.4) is 0 Å². The molecule has 0 atom stereocenters. The van der Waals surface area contributed by atoms with E-state index in [-0.39, 0.29) is 28.9 Å². The number of hydrogen-bond acceptors (Lipinski definition) is 5. The second-order valence-corrected chi connectivity index (χ2v) is 9.87. The highest BCUT2D eigenvalue weighted by molar-refractivity contribution is 8.00. The van der Waals surface area contributed by atoms with Gasteiger partial charge in [-0.1, -0.05) is 33.4 Å². The van der Waals surface area contributed by atoms with Crippen molar-refractivity contribution in [3.8, 4) is 0 Å². The van der Waals surface area contributed by atoms with Gasteiger partial charge in [0, 0.05) is 23.3 Å². The van der Waals surface area contributed by atoms with Crippen molar-refractivity contribution < 1.29 is 22.8 Å². The highest BCUT2D eigenvalue weighted by atomic mass is 32.2. The fourth-order valence-electron chi connectivity index (χ4n) is 3.75. The molecule has 210 valence electrons. The lowest BCUT2D eigenvalue weighted by molar-refractivity contribution is -0.123. The van der Waals surface area contributed by atoms with Crippen molar-refractivity contribution in [3.05, 3.63) is 72.6 Å². The second-order valence-electron chi connectivity index (χ2n) is 8.74. The van der Waals surface area contributed by atoms with Gasteiger partial charge in [0.05, 0.1) is 5.69 Å². The number of halogens is 3. The Bertz CT molecular complexity index is 1240. The number of alkyl halides is 3. The zero-order valence-electron chi connectivity index (χ0n) is 23.0. The Morgan fingerprint density at radius 3 is 2.38 bits per heavy atom. The van der Waals surface area contributed by atoms with E-state index in [4.69, 9.17) is 0 Å². The van der Waals surface area contributed by atoms with Gasteiger partial charge < -0.3 is 10.2 Å². The van der Waals surface area contributed by atoms with Crippen molar-refractivity contribution in [3.63, 3.8) is 0 Å². The molecule has 2 aromatic rings. The number of anilines is 1. The average Bonchev–Trinajstić information content (AvgIpc) is 3.04. The standard InChI is InChI=1S/C26H28F3N5O2S.C2H6/c1-6-8-19(7-2)31-17(3)32-22-15-18(13-14-30-22)16-33-24(36)34(23(35)25(33,4)5)20-9-11-21(12-10-20)37-26(27,28)29;1-2/h6,8-15H,1,7,16H2,2-5H3,(H,30,31,32);1-2H3/b19-8-;. The summed E-state index contributed by atoms with van der Waals surface area (Å²) >= 11 is -0.259. The minimum atomic E-state index is -4.43. The predicted molar refractivity (Wildman–Crippen MR) is 151 cm³/mol. The van der Waals surface area contributed by atoms with Gasteiger partial charge in [-0.2, -0.15) is 13.2 Å². The minimum Gasteiger partial charge on any atom is -0.347 e. The first-order chi connectivity index (χ1) is 18.4. The quantitative estimate of drug-likeness (QED) is 0.118. The first kappa shape index (κ1) is 31.6. The number of carbonyl (C=O) groups excluding carboxylic acids is 2. The molecule has 1 N–H and O–H groups in total. The summed E-state index contributed by atoms with van der Waals surface area (Å²) in [6.45, 7) is 14.9. The van der Waals surface area contributed by atoms with Gasteiger partial charge in [0.2, 0.25) is 0 Å². The lowest BCUT2D eigenvalue weighted by Crippen LogP contribution is -2.43. The number of urea groups is 1. The average molecular weight is 562 g/mol. The summed E-state index contributed by atoms with van der Waals surface area (Å²) in [6.07, 6.45) is 5.89. The lowest BCUT2D eigenvalue weighted by Gasteiger charge is -2.27. The molecule has 11 heteroatoms. The Hall–Kier alpha value is -3.60. The van der Waals surface area contributed by atoms with Crippen LogP contribution in [0.2, 0.25) is 0 Å². The molecule has 1 aromatic heterocycles. The first-order valence-corrected chi connectivity index (χ1v) is 13.3. The molecule has 3 rings (SSSR count). The van der Waals surface area contributed by atoms with Crippen molar-refractivity contribution in [2.75, 3.05) is 4.90 Å². The molecule has 0 spiro atoms. The summed E-state index contributed by atoms with van der Waals surface area (Å²) in [7, 11) is 0. The van der Waals surface area contributed by atoms with Gasteiger partial charge >= 0.3 is 11.5 Å². The zero-order chi connectivity index (χ0) is 29.4. The maximum absolute atomic E-state index is 13.3. The van der Waals surface area contributed by atoms with E-state index in [1.807, 2.05) is 33.8 Å². The summed E-state index contributed by atoms with van der Waals surface area (Å²) in [4.78, 5) is 37.6. The number of nitrogens with zero attached hydrogens (tertiary/aromatic N) is 4. The molecule has 0 bridgehead atoms. The summed E-state index contributed by atoms with van der Waals surface area (Å²) in [6, 6.07) is 8.05. The fourth-order valence-corrected chi connectivity index (χ4v) is 4.29. The molecule has 1 fully saturated rings. The molecule has 3 amide bonds. The fraction of sp³-hybridized carbons (Fsp3) is 0.357. The number of imide groups is 1. The van der Waals surface area contributed by atoms with E-state index in [9.17, 15) is 22.8 Å². The van der Waals surface area contributed by atoms with Crippen LogP contribution < -0.4 is 10.2 Å². The molecule has 2 heterocycles. The van der Waals surface area contributed by atoms with E-state index in [0.29, 0.717) is 17.2 Å². The molecular weight excluding hydrogens is 527 g/mol. The molecule has 0 unspecified atom stereocenters. The maximum Gasteiger partial charge on any atom is 0.446 e. The molecule has 7 nitrogen and oxygen atoms in total. The molecule has 0 saturated carbocycles. The van der Waals surface area contributed by atoms with Crippen LogP contribution in [0.4, 0.5) is 29.5 Å². The number of amides is 3. The van der Waals surface area contributed by atoms with Gasteiger partial charge in [0.25, 0.3) is 5.91 Å². The lowest BCUT2D eigenvalue weighted by atomic mass is 10.0. The molecule has 1 aliphatic heterocycles. The van der Waals surface area contributed by atoms with Crippen LogP contribution in [0.15, 0.2) is 76.9 Å². The Balaban J connectivity index is 0.00000260. The van der Waals surface area contributed by atoms with Gasteiger partial charge in [-0.05, 0) is 87.0 Å². The Labute approximate surface area is 231 Å². The third-order valence-electron chi connectivity index (χ3n) is 5.63. The normalized spacial score (nSPS) is 15.7. The smallest absolute Gasteiger partial charge is 0.347 e. The molecule has 1 aromatic carbocycles. The zero-order valence-corrected chi connectivity index (χ0v) is 23.8. The van der Waals surface area contributed by atoms with Gasteiger partial charge in [0.1, 0.15) is 11.4 Å². The van der Waals surface area contributed by atoms with Crippen molar-refractivity contribution in [2.24, 2.45) is 4.99 Å². The van der Waals surface area contributed by atoms with Crippen LogP contribution >= 0.6 is 11.8 Å². The Morgan fingerprint density at radius 2 is 1.82 bits per heavy atom. The Kier molecular flexibility index (Phi) is 10.9. The van der Waals surface area contributed by atoms with Crippen molar-refractivity contribution in [2.45, 2.75) is 70.5 Å². The molecular formula is C28H34F3N5O2S. The van der Waals surface area contributed by atoms with Crippen molar-refractivity contribution in [1.29, 1.82) is 0 Å². The molecule has 1 aliphatic rings. The summed E-state index contributed by atoms with van der Waals surface area (Å²) in [5.74, 6) is 0.592. The van der Waals surface area contributed by atoms with E-state index < -0.39 is 23.0 Å². The maximum atomic E-state index is 13.3. The number of allylic oxidation sites excluding steroid dienone is 3. The molecule has 1 saturated heterocycles. The number of carbonyl (C=O) groups is 2. The third kappa shape index (κ3) is 8.19. The number of aromatic nitrogens is 1. The van der Waals surface area contributed by atoms with Gasteiger partial charge in [-0.15, -0.1) is 0 Å². The van der Waals surface area contributed by atoms with Gasteiger partial charge in [-0.3, -0.25) is 4.79 Å². The van der Waals surface area contributed by atoms with E-state index in [0.717, 1.165) is 17.0 Å². The van der Waals surface area contributed by atoms with E-state index in [2.05, 4.69) is 21.9 Å². The Morgan fingerprint density at radius 1 is 1.18 bits per heavy atom. The van der Waals surface area contributed by atoms with E-state index in [1.54, 1.807) is 38.3 Å². The summed E-state index contributed by atoms with van der Waals surface area (Å²) in [5.41, 5.74) is -3.74. The third-order valence-corrected chi connectivity index (χ3v) is 6.37. The number of rotatable bonds is 8. The SMILES string of the molecule is C=C/C=C(/CC)NC(C)=Nc1cc(CN2C(=O)N(c3ccc(SC(F)(F)F)cc3)C(=O)C2(C)C)ccn1.CC. The van der Waals surface area contributed by atoms with Gasteiger partial charge in [-0.25, -0.2) is 19.7 Å². The number of thioether (sulfide) groups is 1. The van der Waals surface area contributed by atoms with Crippen molar-refractivity contribution >= 4 is 41.0 Å².